The summed E-state index contributed by atoms with van der Waals surface area (Å²) in [4.78, 5) is 23.4. The maximum Gasteiger partial charge on any atom is 0.306 e. The van der Waals surface area contributed by atoms with Crippen LogP contribution in [0, 0.1) is 0 Å². The molecule has 0 N–H and O–H groups in total. The van der Waals surface area contributed by atoms with Crippen LogP contribution in [0.1, 0.15) is 72.1 Å². The lowest BCUT2D eigenvalue weighted by Gasteiger charge is -2.17. The second-order valence-electron chi connectivity index (χ2n) is 6.23. The van der Waals surface area contributed by atoms with Gasteiger partial charge in [0.2, 0.25) is 0 Å². The van der Waals surface area contributed by atoms with Gasteiger partial charge < -0.3 is 14.0 Å². The molecule has 0 rings (SSSR count). The SMILES string of the molecule is CCCCOC(=O)CCP(=O)(CCCC)CCC(=O)OCCCC. The highest BCUT2D eigenvalue weighted by molar-refractivity contribution is 7.64. The molecule has 0 radical (unpaired) electrons. The number of unbranched alkanes of at least 4 members (excludes halogenated alkanes) is 3. The third-order valence-corrected chi connectivity index (χ3v) is 7.10. The van der Waals surface area contributed by atoms with Gasteiger partial charge in [0.05, 0.1) is 33.2 Å². The lowest BCUT2D eigenvalue weighted by atomic mass is 10.4. The van der Waals surface area contributed by atoms with E-state index in [0.29, 0.717) is 31.7 Å². The van der Waals surface area contributed by atoms with E-state index >= 15 is 0 Å². The molecule has 0 saturated carbocycles. The molecule has 6 heteroatoms. The average Bonchev–Trinajstić information content (AvgIpc) is 2.57. The summed E-state index contributed by atoms with van der Waals surface area (Å²) in [6.45, 7) is 6.97. The molecule has 0 amide bonds. The monoisotopic (exact) mass is 362 g/mol. The first-order chi connectivity index (χ1) is 11.5. The van der Waals surface area contributed by atoms with Crippen molar-refractivity contribution < 1.29 is 23.6 Å². The van der Waals surface area contributed by atoms with Gasteiger partial charge in [-0.2, -0.15) is 0 Å². The Bertz CT molecular complexity index is 365. The second kappa shape index (κ2) is 14.5. The molecule has 0 fully saturated rings. The topological polar surface area (TPSA) is 69.7 Å². The molecule has 0 saturated heterocycles. The number of rotatable bonds is 15. The molecule has 0 spiro atoms. The Morgan fingerprint density at radius 3 is 1.50 bits per heavy atom. The number of hydrogen-bond acceptors (Lipinski definition) is 5. The minimum absolute atomic E-state index is 0.176. The lowest BCUT2D eigenvalue weighted by molar-refractivity contribution is -0.144. The Morgan fingerprint density at radius 1 is 0.708 bits per heavy atom. The van der Waals surface area contributed by atoms with Crippen LogP contribution in [0.25, 0.3) is 0 Å². The molecule has 0 aromatic carbocycles. The standard InChI is InChI=1S/C18H35O5P/c1-4-7-12-22-17(19)10-15-24(21,14-9-6-3)16-11-18(20)23-13-8-5-2/h4-16H2,1-3H3. The average molecular weight is 362 g/mol. The maximum absolute atomic E-state index is 13.0. The first-order valence-corrected chi connectivity index (χ1v) is 11.6. The van der Waals surface area contributed by atoms with Gasteiger partial charge in [-0.05, 0) is 19.3 Å². The maximum atomic E-state index is 13.0. The van der Waals surface area contributed by atoms with Crippen LogP contribution in [0.4, 0.5) is 0 Å². The zero-order valence-corrected chi connectivity index (χ0v) is 16.6. The summed E-state index contributed by atoms with van der Waals surface area (Å²) in [6, 6.07) is 0. The normalized spacial score (nSPS) is 11.3. The Labute approximate surface area is 147 Å². The Kier molecular flexibility index (Phi) is 14.0. The van der Waals surface area contributed by atoms with Crippen LogP contribution in [0.15, 0.2) is 0 Å². The summed E-state index contributed by atoms with van der Waals surface area (Å²) in [6.07, 6.45) is 7.06. The van der Waals surface area contributed by atoms with E-state index in [4.69, 9.17) is 9.47 Å². The fourth-order valence-corrected chi connectivity index (χ4v) is 4.92. The second-order valence-corrected chi connectivity index (χ2v) is 9.69. The summed E-state index contributed by atoms with van der Waals surface area (Å²) < 4.78 is 23.3. The van der Waals surface area contributed by atoms with Crippen LogP contribution in [0.5, 0.6) is 0 Å². The molecular weight excluding hydrogens is 327 g/mol. The molecule has 24 heavy (non-hydrogen) atoms. The molecule has 0 atom stereocenters. The van der Waals surface area contributed by atoms with Crippen molar-refractivity contribution in [2.45, 2.75) is 72.1 Å². The van der Waals surface area contributed by atoms with E-state index in [1.54, 1.807) is 0 Å². The zero-order valence-electron chi connectivity index (χ0n) is 15.7. The predicted molar refractivity (Wildman–Crippen MR) is 98.1 cm³/mol. The quantitative estimate of drug-likeness (QED) is 0.242. The Balaban J connectivity index is 4.31. The highest BCUT2D eigenvalue weighted by Crippen LogP contribution is 2.47. The number of hydrogen-bond donors (Lipinski definition) is 0. The van der Waals surface area contributed by atoms with Gasteiger partial charge in [0, 0.05) is 18.5 Å². The molecule has 0 heterocycles. The van der Waals surface area contributed by atoms with Crippen molar-refractivity contribution in [3.63, 3.8) is 0 Å². The van der Waals surface area contributed by atoms with Crippen molar-refractivity contribution in [2.75, 3.05) is 31.7 Å². The molecule has 0 aliphatic carbocycles. The summed E-state index contributed by atoms with van der Waals surface area (Å²) in [5, 5.41) is 0. The molecule has 0 aromatic rings. The van der Waals surface area contributed by atoms with Gasteiger partial charge in [-0.15, -0.1) is 0 Å². The molecule has 5 nitrogen and oxygen atoms in total. The molecule has 0 aliphatic heterocycles. The van der Waals surface area contributed by atoms with Crippen molar-refractivity contribution in [3.8, 4) is 0 Å². The van der Waals surface area contributed by atoms with Crippen molar-refractivity contribution in [2.24, 2.45) is 0 Å². The van der Waals surface area contributed by atoms with Gasteiger partial charge in [-0.25, -0.2) is 0 Å². The smallest absolute Gasteiger partial charge is 0.306 e. The number of carbonyl (C=O) groups is 2. The van der Waals surface area contributed by atoms with E-state index in [2.05, 4.69) is 0 Å². The summed E-state index contributed by atoms with van der Waals surface area (Å²) in [7, 11) is -2.52. The fourth-order valence-electron chi connectivity index (χ4n) is 2.18. The van der Waals surface area contributed by atoms with Crippen LogP contribution in [0.3, 0.4) is 0 Å². The van der Waals surface area contributed by atoms with Crippen LogP contribution in [-0.4, -0.2) is 43.6 Å². The van der Waals surface area contributed by atoms with E-state index in [9.17, 15) is 14.2 Å². The van der Waals surface area contributed by atoms with E-state index < -0.39 is 7.14 Å². The van der Waals surface area contributed by atoms with Crippen LogP contribution >= 0.6 is 7.14 Å². The molecular formula is C18H35O5P. The van der Waals surface area contributed by atoms with E-state index in [-0.39, 0.29) is 24.8 Å². The van der Waals surface area contributed by atoms with Crippen molar-refractivity contribution >= 4 is 19.1 Å². The van der Waals surface area contributed by atoms with Gasteiger partial charge in [-0.1, -0.05) is 40.0 Å². The fraction of sp³-hybridized carbons (Fsp3) is 0.889. The molecule has 0 aliphatic rings. The first-order valence-electron chi connectivity index (χ1n) is 9.35. The highest BCUT2D eigenvalue weighted by atomic mass is 31.2. The Hall–Kier alpha value is -0.830. The van der Waals surface area contributed by atoms with Gasteiger partial charge in [0.15, 0.2) is 0 Å². The van der Waals surface area contributed by atoms with Gasteiger partial charge in [0.1, 0.15) is 0 Å². The van der Waals surface area contributed by atoms with Crippen LogP contribution in [-0.2, 0) is 23.6 Å². The van der Waals surface area contributed by atoms with Crippen molar-refractivity contribution in [3.05, 3.63) is 0 Å². The minimum Gasteiger partial charge on any atom is -0.466 e. The van der Waals surface area contributed by atoms with Gasteiger partial charge >= 0.3 is 11.9 Å². The third kappa shape index (κ3) is 12.6. The highest BCUT2D eigenvalue weighted by Gasteiger charge is 2.24. The van der Waals surface area contributed by atoms with Gasteiger partial charge in [-0.3, -0.25) is 9.59 Å². The largest absolute Gasteiger partial charge is 0.466 e. The van der Waals surface area contributed by atoms with E-state index in [1.165, 1.54) is 0 Å². The summed E-state index contributed by atoms with van der Waals surface area (Å²) in [5.41, 5.74) is 0. The summed E-state index contributed by atoms with van der Waals surface area (Å²) in [5.74, 6) is -0.573. The third-order valence-electron chi connectivity index (χ3n) is 3.89. The molecule has 0 bridgehead atoms. The lowest BCUT2D eigenvalue weighted by Crippen LogP contribution is -2.13. The number of ether oxygens (including phenoxy) is 2. The first kappa shape index (κ1) is 23.2. The van der Waals surface area contributed by atoms with E-state index in [1.807, 2.05) is 20.8 Å². The Morgan fingerprint density at radius 2 is 1.12 bits per heavy atom. The van der Waals surface area contributed by atoms with Gasteiger partial charge in [0.25, 0.3) is 0 Å². The van der Waals surface area contributed by atoms with Crippen LogP contribution in [0.2, 0.25) is 0 Å². The number of esters is 2. The van der Waals surface area contributed by atoms with Crippen LogP contribution < -0.4 is 0 Å². The zero-order chi connectivity index (χ0) is 18.3. The number of carbonyl (C=O) groups excluding carboxylic acids is 2. The predicted octanol–water partition coefficient (Wildman–Crippen LogP) is 4.62. The summed E-state index contributed by atoms with van der Waals surface area (Å²) >= 11 is 0. The minimum atomic E-state index is -2.52. The molecule has 0 unspecified atom stereocenters. The van der Waals surface area contributed by atoms with Crippen molar-refractivity contribution in [1.29, 1.82) is 0 Å². The molecule has 0 aromatic heterocycles. The van der Waals surface area contributed by atoms with E-state index in [0.717, 1.165) is 38.5 Å². The molecule has 142 valence electrons. The van der Waals surface area contributed by atoms with Crippen molar-refractivity contribution in [1.82, 2.24) is 0 Å².